The van der Waals surface area contributed by atoms with E-state index < -0.39 is 28.8 Å². The van der Waals surface area contributed by atoms with Gasteiger partial charge in [-0.25, -0.2) is 4.79 Å². The van der Waals surface area contributed by atoms with Gasteiger partial charge >= 0.3 is 5.97 Å². The van der Waals surface area contributed by atoms with Gasteiger partial charge in [0.15, 0.2) is 0 Å². The molecule has 2 atom stereocenters. The third kappa shape index (κ3) is 5.60. The van der Waals surface area contributed by atoms with Gasteiger partial charge < -0.3 is 10.1 Å². The number of nitrogens with one attached hydrogen (secondary N) is 1. The second-order valence-corrected chi connectivity index (χ2v) is 8.90. The summed E-state index contributed by atoms with van der Waals surface area (Å²) in [6.07, 6.45) is -1.20. The van der Waals surface area contributed by atoms with E-state index in [2.05, 4.69) is 5.32 Å². The average Bonchev–Trinajstić information content (AvgIpc) is 2.79. The van der Waals surface area contributed by atoms with Crippen molar-refractivity contribution in [2.75, 3.05) is 11.1 Å². The number of carbonyl (C=O) groups is 2. The molecule has 3 rings (SSSR count). The predicted octanol–water partition coefficient (Wildman–Crippen LogP) is 5.31. The van der Waals surface area contributed by atoms with Gasteiger partial charge in [-0.2, -0.15) is 0 Å². The number of anilines is 1. The summed E-state index contributed by atoms with van der Waals surface area (Å²) in [6.45, 7) is 3.63. The molecular formula is C24H22ClNO4S. The molecule has 0 fully saturated rings. The van der Waals surface area contributed by atoms with Gasteiger partial charge in [0.05, 0.1) is 21.3 Å². The number of aryl methyl sites for hydroxylation is 1. The molecule has 0 radical (unpaired) electrons. The number of hydrogen-bond acceptors (Lipinski definition) is 4. The Labute approximate surface area is 188 Å². The molecule has 1 N–H and O–H groups in total. The van der Waals surface area contributed by atoms with Gasteiger partial charge in [-0.1, -0.05) is 67.1 Å². The summed E-state index contributed by atoms with van der Waals surface area (Å²) in [6, 6.07) is 20.4. The van der Waals surface area contributed by atoms with E-state index in [9.17, 15) is 13.8 Å². The summed E-state index contributed by atoms with van der Waals surface area (Å²) in [5.74, 6) is -0.877. The summed E-state index contributed by atoms with van der Waals surface area (Å²) in [7, 11) is -1.34. The second-order valence-electron chi connectivity index (χ2n) is 6.78. The van der Waals surface area contributed by atoms with Gasteiger partial charge in [0.25, 0.3) is 5.91 Å². The first kappa shape index (κ1) is 22.7. The highest BCUT2D eigenvalue weighted by Gasteiger charge is 2.27. The van der Waals surface area contributed by atoms with E-state index in [0.29, 0.717) is 26.9 Å². The largest absolute Gasteiger partial charge is 0.444 e. The first-order valence-electron chi connectivity index (χ1n) is 9.71. The van der Waals surface area contributed by atoms with Gasteiger partial charge in [-0.05, 0) is 36.8 Å². The first-order chi connectivity index (χ1) is 14.9. The molecule has 7 heteroatoms. The minimum absolute atomic E-state index is 0.176. The van der Waals surface area contributed by atoms with Crippen molar-refractivity contribution in [2.45, 2.75) is 24.8 Å². The van der Waals surface area contributed by atoms with Crippen molar-refractivity contribution in [2.24, 2.45) is 0 Å². The Morgan fingerprint density at radius 3 is 2.39 bits per heavy atom. The zero-order chi connectivity index (χ0) is 22.4. The van der Waals surface area contributed by atoms with E-state index in [1.54, 1.807) is 79.7 Å². The van der Waals surface area contributed by atoms with Crippen molar-refractivity contribution in [3.63, 3.8) is 0 Å². The van der Waals surface area contributed by atoms with E-state index in [1.807, 2.05) is 6.92 Å². The molecule has 0 saturated carbocycles. The first-order valence-corrected chi connectivity index (χ1v) is 11.4. The standard InChI is InChI=1S/C24H22ClNO4S/c1-3-31(29)21-12-8-7-11-19(21)24(28)30-22(17-9-5-4-6-10-17)23(27)26-18-14-13-16(2)20(25)15-18/h4-15,22H,3H2,1-2H3,(H,26,27)/t22-,31-/m1/s1. The third-order valence-corrected chi connectivity index (χ3v) is 6.40. The van der Waals surface area contributed by atoms with Gasteiger partial charge in [0, 0.05) is 22.0 Å². The van der Waals surface area contributed by atoms with E-state index in [4.69, 9.17) is 16.3 Å². The van der Waals surface area contributed by atoms with E-state index >= 15 is 0 Å². The van der Waals surface area contributed by atoms with Crippen LogP contribution in [0.1, 0.15) is 34.5 Å². The Bertz CT molecular complexity index is 1120. The summed E-state index contributed by atoms with van der Waals surface area (Å²) >= 11 is 6.15. The van der Waals surface area contributed by atoms with E-state index in [1.165, 1.54) is 0 Å². The van der Waals surface area contributed by atoms with Crippen molar-refractivity contribution in [3.8, 4) is 0 Å². The Balaban J connectivity index is 1.90. The Morgan fingerprint density at radius 1 is 1.03 bits per heavy atom. The molecule has 5 nitrogen and oxygen atoms in total. The van der Waals surface area contributed by atoms with Crippen LogP contribution < -0.4 is 5.32 Å². The highest BCUT2D eigenvalue weighted by atomic mass is 35.5. The van der Waals surface area contributed by atoms with E-state index in [-0.39, 0.29) is 5.56 Å². The van der Waals surface area contributed by atoms with Gasteiger partial charge in [0.1, 0.15) is 0 Å². The minimum Gasteiger partial charge on any atom is -0.444 e. The lowest BCUT2D eigenvalue weighted by Crippen LogP contribution is -2.26. The summed E-state index contributed by atoms with van der Waals surface area (Å²) in [5, 5.41) is 3.27. The third-order valence-electron chi connectivity index (χ3n) is 4.62. The zero-order valence-corrected chi connectivity index (χ0v) is 18.7. The molecule has 0 aliphatic rings. The molecule has 3 aromatic rings. The SMILES string of the molecule is CC[S@@](=O)c1ccccc1C(=O)O[C@@H](C(=O)Nc1ccc(C)c(Cl)c1)c1ccccc1. The molecule has 3 aromatic carbocycles. The lowest BCUT2D eigenvalue weighted by atomic mass is 10.1. The number of carbonyl (C=O) groups excluding carboxylic acids is 2. The van der Waals surface area contributed by atoms with Crippen LogP contribution in [0.5, 0.6) is 0 Å². The number of ether oxygens (including phenoxy) is 1. The maximum absolute atomic E-state index is 13.1. The highest BCUT2D eigenvalue weighted by Crippen LogP contribution is 2.25. The predicted molar refractivity (Wildman–Crippen MR) is 123 cm³/mol. The summed E-state index contributed by atoms with van der Waals surface area (Å²) < 4.78 is 18.0. The lowest BCUT2D eigenvalue weighted by molar-refractivity contribution is -0.125. The smallest absolute Gasteiger partial charge is 0.340 e. The van der Waals surface area contributed by atoms with Crippen LogP contribution in [0.2, 0.25) is 5.02 Å². The molecule has 1 amide bonds. The number of benzene rings is 3. The van der Waals surface area contributed by atoms with Crippen LogP contribution >= 0.6 is 11.6 Å². The molecular weight excluding hydrogens is 434 g/mol. The minimum atomic E-state index is -1.34. The van der Waals surface area contributed by atoms with E-state index in [0.717, 1.165) is 5.56 Å². The Kier molecular flexibility index (Phi) is 7.60. The van der Waals surface area contributed by atoms with Gasteiger partial charge in [0.2, 0.25) is 6.10 Å². The molecule has 0 spiro atoms. The van der Waals surface area contributed by atoms with Gasteiger partial charge in [-0.15, -0.1) is 0 Å². The Morgan fingerprint density at radius 2 is 1.71 bits per heavy atom. The molecule has 0 heterocycles. The quantitative estimate of drug-likeness (QED) is 0.490. The average molecular weight is 456 g/mol. The molecule has 160 valence electrons. The van der Waals surface area contributed by atoms with Crippen LogP contribution in [-0.2, 0) is 20.3 Å². The topological polar surface area (TPSA) is 72.5 Å². The fourth-order valence-electron chi connectivity index (χ4n) is 2.94. The number of amides is 1. The van der Waals surface area contributed by atoms with Crippen LogP contribution in [0, 0.1) is 6.92 Å². The molecule has 0 aromatic heterocycles. The zero-order valence-electron chi connectivity index (χ0n) is 17.1. The van der Waals surface area contributed by atoms with Crippen LogP contribution in [0.4, 0.5) is 5.69 Å². The molecule has 31 heavy (non-hydrogen) atoms. The van der Waals surface area contributed by atoms with Crippen molar-refractivity contribution in [1.82, 2.24) is 0 Å². The maximum atomic E-state index is 13.1. The number of halogens is 1. The number of rotatable bonds is 7. The molecule has 0 unspecified atom stereocenters. The molecule has 0 aliphatic heterocycles. The monoisotopic (exact) mass is 455 g/mol. The fraction of sp³-hybridized carbons (Fsp3) is 0.167. The summed E-state index contributed by atoms with van der Waals surface area (Å²) in [4.78, 5) is 26.4. The van der Waals surface area contributed by atoms with Crippen molar-refractivity contribution >= 4 is 40.0 Å². The van der Waals surface area contributed by atoms with Crippen LogP contribution in [0.25, 0.3) is 0 Å². The normalized spacial score (nSPS) is 12.6. The maximum Gasteiger partial charge on any atom is 0.340 e. The van der Waals surface area contributed by atoms with Crippen LogP contribution in [-0.4, -0.2) is 21.8 Å². The number of hydrogen-bond donors (Lipinski definition) is 1. The number of esters is 1. The Hall–Kier alpha value is -2.96. The van der Waals surface area contributed by atoms with Crippen LogP contribution in [0.15, 0.2) is 77.7 Å². The lowest BCUT2D eigenvalue weighted by Gasteiger charge is -2.19. The molecule has 0 aliphatic carbocycles. The van der Waals surface area contributed by atoms with Crippen molar-refractivity contribution in [1.29, 1.82) is 0 Å². The molecule has 0 saturated heterocycles. The highest BCUT2D eigenvalue weighted by molar-refractivity contribution is 7.85. The summed E-state index contributed by atoms with van der Waals surface area (Å²) in [5.41, 5.74) is 2.06. The fourth-order valence-corrected chi connectivity index (χ4v) is 4.06. The van der Waals surface area contributed by atoms with Crippen molar-refractivity contribution in [3.05, 3.63) is 94.5 Å². The van der Waals surface area contributed by atoms with Crippen molar-refractivity contribution < 1.29 is 18.5 Å². The van der Waals surface area contributed by atoms with Gasteiger partial charge in [-0.3, -0.25) is 9.00 Å². The second kappa shape index (κ2) is 10.4. The molecule has 0 bridgehead atoms. The van der Waals surface area contributed by atoms with Crippen LogP contribution in [0.3, 0.4) is 0 Å².